The number of rotatable bonds is 5. The number of carboxylic acids is 1. The van der Waals surface area contributed by atoms with Crippen LogP contribution in [-0.2, 0) is 0 Å². The van der Waals surface area contributed by atoms with Crippen molar-refractivity contribution >= 4 is 22.6 Å². The van der Waals surface area contributed by atoms with Crippen molar-refractivity contribution in [1.29, 1.82) is 0 Å². The lowest BCUT2D eigenvalue weighted by Crippen LogP contribution is -2.33. The van der Waals surface area contributed by atoms with Gasteiger partial charge in [-0.15, -0.1) is 0 Å². The van der Waals surface area contributed by atoms with E-state index in [4.69, 9.17) is 10.5 Å². The van der Waals surface area contributed by atoms with Gasteiger partial charge in [-0.25, -0.2) is 18.0 Å². The molecule has 10 heteroatoms. The van der Waals surface area contributed by atoms with Crippen LogP contribution in [-0.4, -0.2) is 48.6 Å². The number of aromatic carboxylic acids is 1. The number of fused-ring (bicyclic) bond motifs is 1. The molecule has 0 amide bonds. The Morgan fingerprint density at radius 2 is 2.13 bits per heavy atom. The SMILES string of the molecule is COc1c(N2CCCC(=C(F)CN)C2)c(F)cc2c(=O)c(C(=O)O)cn(C3CC3F)c12. The van der Waals surface area contributed by atoms with Crippen LogP contribution in [0.4, 0.5) is 18.9 Å². The molecule has 2 aromatic rings. The van der Waals surface area contributed by atoms with Crippen LogP contribution in [0.1, 0.15) is 35.7 Å². The molecule has 3 N–H and O–H groups in total. The van der Waals surface area contributed by atoms with Crippen LogP contribution in [0.5, 0.6) is 5.75 Å². The molecule has 4 rings (SSSR count). The highest BCUT2D eigenvalue weighted by Crippen LogP contribution is 2.45. The fourth-order valence-electron chi connectivity index (χ4n) is 4.21. The van der Waals surface area contributed by atoms with Crippen LogP contribution in [0.25, 0.3) is 10.9 Å². The predicted molar refractivity (Wildman–Crippen MR) is 109 cm³/mol. The van der Waals surface area contributed by atoms with Crippen LogP contribution < -0.4 is 20.8 Å². The second kappa shape index (κ2) is 7.92. The van der Waals surface area contributed by atoms with Gasteiger partial charge in [0.2, 0.25) is 5.43 Å². The molecule has 1 aliphatic heterocycles. The summed E-state index contributed by atoms with van der Waals surface area (Å²) in [5, 5.41) is 9.18. The smallest absolute Gasteiger partial charge is 0.341 e. The molecular weight excluding hydrogens is 415 g/mol. The molecule has 7 nitrogen and oxygen atoms in total. The minimum Gasteiger partial charge on any atom is -0.492 e. The van der Waals surface area contributed by atoms with E-state index in [9.17, 15) is 23.5 Å². The Kier molecular flexibility index (Phi) is 5.42. The molecule has 1 saturated carbocycles. The molecule has 1 aliphatic carbocycles. The number of carbonyl (C=O) groups is 1. The molecule has 31 heavy (non-hydrogen) atoms. The average Bonchev–Trinajstić information content (AvgIpc) is 3.48. The first-order valence-corrected chi connectivity index (χ1v) is 9.92. The van der Waals surface area contributed by atoms with Gasteiger partial charge in [-0.05, 0) is 24.5 Å². The van der Waals surface area contributed by atoms with Crippen LogP contribution in [0.15, 0.2) is 28.5 Å². The van der Waals surface area contributed by atoms with Crippen molar-refractivity contribution in [3.8, 4) is 5.75 Å². The molecule has 0 spiro atoms. The molecule has 0 bridgehead atoms. The number of hydrogen-bond acceptors (Lipinski definition) is 5. The number of piperidine rings is 1. The molecule has 1 aromatic carbocycles. The zero-order valence-corrected chi connectivity index (χ0v) is 16.8. The molecule has 2 unspecified atom stereocenters. The first-order chi connectivity index (χ1) is 14.8. The molecule has 2 fully saturated rings. The zero-order valence-electron chi connectivity index (χ0n) is 16.8. The van der Waals surface area contributed by atoms with Crippen molar-refractivity contribution in [2.45, 2.75) is 31.5 Å². The number of hydrogen-bond donors (Lipinski definition) is 2. The summed E-state index contributed by atoms with van der Waals surface area (Å²) in [4.78, 5) is 25.9. The Bertz CT molecular complexity index is 1160. The van der Waals surface area contributed by atoms with E-state index in [0.717, 1.165) is 12.3 Å². The first kappa shape index (κ1) is 21.2. The van der Waals surface area contributed by atoms with Crippen molar-refractivity contribution in [2.75, 3.05) is 31.6 Å². The molecule has 2 heterocycles. The van der Waals surface area contributed by atoms with Crippen molar-refractivity contribution in [2.24, 2.45) is 5.73 Å². The summed E-state index contributed by atoms with van der Waals surface area (Å²) in [7, 11) is 1.29. The highest BCUT2D eigenvalue weighted by atomic mass is 19.1. The topological polar surface area (TPSA) is 97.8 Å². The monoisotopic (exact) mass is 437 g/mol. The second-order valence-corrected chi connectivity index (χ2v) is 7.78. The van der Waals surface area contributed by atoms with E-state index < -0.39 is 40.8 Å². The van der Waals surface area contributed by atoms with Gasteiger partial charge in [0.15, 0.2) is 11.6 Å². The summed E-state index contributed by atoms with van der Waals surface area (Å²) in [6.07, 6.45) is 1.06. The van der Waals surface area contributed by atoms with Gasteiger partial charge in [-0.2, -0.15) is 0 Å². The maximum atomic E-state index is 15.3. The molecule has 2 aliphatic rings. The highest BCUT2D eigenvalue weighted by Gasteiger charge is 2.41. The Morgan fingerprint density at radius 1 is 1.42 bits per heavy atom. The van der Waals surface area contributed by atoms with Crippen molar-refractivity contribution in [3.63, 3.8) is 0 Å². The number of anilines is 1. The molecular formula is C21H22F3N3O4. The average molecular weight is 437 g/mol. The van der Waals surface area contributed by atoms with E-state index in [1.165, 1.54) is 11.7 Å². The van der Waals surface area contributed by atoms with Crippen LogP contribution >= 0.6 is 0 Å². The Hall–Kier alpha value is -3.01. The second-order valence-electron chi connectivity index (χ2n) is 7.78. The number of halogens is 3. The Labute approximate surface area is 175 Å². The fourth-order valence-corrected chi connectivity index (χ4v) is 4.21. The highest BCUT2D eigenvalue weighted by molar-refractivity contribution is 5.97. The van der Waals surface area contributed by atoms with E-state index in [1.807, 2.05) is 0 Å². The van der Waals surface area contributed by atoms with Crippen LogP contribution in [0, 0.1) is 5.82 Å². The van der Waals surface area contributed by atoms with Crippen molar-refractivity contribution in [3.05, 3.63) is 45.3 Å². The molecule has 2 atom stereocenters. The predicted octanol–water partition coefficient (Wildman–Crippen LogP) is 2.91. The minimum absolute atomic E-state index is 0.0162. The van der Waals surface area contributed by atoms with Gasteiger partial charge in [0, 0.05) is 32.3 Å². The maximum Gasteiger partial charge on any atom is 0.341 e. The minimum atomic E-state index is -1.48. The fraction of sp³-hybridized carbons (Fsp3) is 0.429. The lowest BCUT2D eigenvalue weighted by Gasteiger charge is -2.33. The van der Waals surface area contributed by atoms with Crippen molar-refractivity contribution in [1.82, 2.24) is 4.57 Å². The van der Waals surface area contributed by atoms with Crippen LogP contribution in [0.2, 0.25) is 0 Å². The van der Waals surface area contributed by atoms with Gasteiger partial charge >= 0.3 is 5.97 Å². The normalized spacial score (nSPS) is 22.5. The summed E-state index contributed by atoms with van der Waals surface area (Å²) in [6, 6.07) is 0.269. The lowest BCUT2D eigenvalue weighted by atomic mass is 10.0. The lowest BCUT2D eigenvalue weighted by molar-refractivity contribution is 0.0694. The number of benzene rings is 1. The third kappa shape index (κ3) is 3.54. The first-order valence-electron chi connectivity index (χ1n) is 9.92. The van der Waals surface area contributed by atoms with Gasteiger partial charge in [-0.1, -0.05) is 0 Å². The van der Waals surface area contributed by atoms with Gasteiger partial charge in [0.25, 0.3) is 0 Å². The number of ether oxygens (including phenoxy) is 1. The molecule has 1 saturated heterocycles. The summed E-state index contributed by atoms with van der Waals surface area (Å²) in [5.74, 6) is -2.76. The Morgan fingerprint density at radius 3 is 2.71 bits per heavy atom. The molecule has 166 valence electrons. The van der Waals surface area contributed by atoms with E-state index in [2.05, 4.69) is 0 Å². The summed E-state index contributed by atoms with van der Waals surface area (Å²) in [6.45, 7) is 0.249. The summed E-state index contributed by atoms with van der Waals surface area (Å²) in [5.41, 5.74) is 4.54. The number of carboxylic acid groups (broad SMARTS) is 1. The van der Waals surface area contributed by atoms with Gasteiger partial charge in [0.1, 0.15) is 23.2 Å². The van der Waals surface area contributed by atoms with E-state index in [1.54, 1.807) is 4.90 Å². The number of nitrogens with two attached hydrogens (primary N) is 1. The summed E-state index contributed by atoms with van der Waals surface area (Å²) >= 11 is 0. The van der Waals surface area contributed by atoms with E-state index in [0.29, 0.717) is 25.0 Å². The number of aromatic nitrogens is 1. The van der Waals surface area contributed by atoms with Crippen LogP contribution in [0.3, 0.4) is 0 Å². The third-order valence-corrected chi connectivity index (χ3v) is 5.84. The summed E-state index contributed by atoms with van der Waals surface area (Å²) < 4.78 is 50.1. The van der Waals surface area contributed by atoms with Gasteiger partial charge in [-0.3, -0.25) is 4.79 Å². The van der Waals surface area contributed by atoms with Crippen molar-refractivity contribution < 1.29 is 27.8 Å². The molecule has 1 aromatic heterocycles. The number of alkyl halides is 1. The number of methoxy groups -OCH3 is 1. The standard InChI is InChI=1S/C21H22F3N3O4/c1-31-20-17-11(19(28)12(21(29)30)9-27(17)16-6-13(16)22)5-14(23)18(20)26-4-2-3-10(8-26)15(24)7-25/h5,9,13,16H,2-4,6-8,25H2,1H3,(H,29,30). The van der Waals surface area contributed by atoms with E-state index in [-0.39, 0.29) is 41.9 Å². The third-order valence-electron chi connectivity index (χ3n) is 5.84. The molecule has 0 radical (unpaired) electrons. The quantitative estimate of drug-likeness (QED) is 0.747. The van der Waals surface area contributed by atoms with Gasteiger partial charge in [0.05, 0.1) is 24.1 Å². The Balaban J connectivity index is 1.98. The van der Waals surface area contributed by atoms with Gasteiger partial charge < -0.3 is 25.0 Å². The number of pyridine rings is 1. The zero-order chi connectivity index (χ0) is 22.4. The van der Waals surface area contributed by atoms with E-state index >= 15 is 4.39 Å². The largest absolute Gasteiger partial charge is 0.492 e. The number of nitrogens with zero attached hydrogens (tertiary/aromatic N) is 2. The maximum absolute atomic E-state index is 15.3.